The Bertz CT molecular complexity index is 716. The van der Waals surface area contributed by atoms with Crippen molar-refractivity contribution in [1.29, 1.82) is 0 Å². The van der Waals surface area contributed by atoms with Crippen molar-refractivity contribution in [2.45, 2.75) is 13.5 Å². The fraction of sp³-hybridized carbons (Fsp3) is 0.125. The molecule has 3 heteroatoms. The molecule has 2 aromatic carbocycles. The summed E-state index contributed by atoms with van der Waals surface area (Å²) in [4.78, 5) is 0. The van der Waals surface area contributed by atoms with Gasteiger partial charge in [0.2, 0.25) is 0 Å². The predicted molar refractivity (Wildman–Crippen MR) is 79.4 cm³/mol. The van der Waals surface area contributed by atoms with Gasteiger partial charge in [0.25, 0.3) is 0 Å². The number of hydrogen-bond donors (Lipinski definition) is 0. The van der Waals surface area contributed by atoms with Gasteiger partial charge in [0.15, 0.2) is 0 Å². The third-order valence-electron chi connectivity index (χ3n) is 3.03. The van der Waals surface area contributed by atoms with E-state index in [1.54, 1.807) is 6.26 Å². The summed E-state index contributed by atoms with van der Waals surface area (Å²) in [6.45, 7) is 2.55. The molecule has 0 N–H and O–H groups in total. The highest BCUT2D eigenvalue weighted by Gasteiger charge is 2.07. The first-order valence-electron chi connectivity index (χ1n) is 6.08. The van der Waals surface area contributed by atoms with Crippen LogP contribution in [0, 0.1) is 6.92 Å². The molecule has 0 aliphatic rings. The Morgan fingerprint density at radius 1 is 1.16 bits per heavy atom. The van der Waals surface area contributed by atoms with E-state index in [9.17, 15) is 0 Å². The normalized spacial score (nSPS) is 10.8. The highest BCUT2D eigenvalue weighted by Crippen LogP contribution is 2.27. The van der Waals surface area contributed by atoms with E-state index in [1.807, 2.05) is 30.3 Å². The summed E-state index contributed by atoms with van der Waals surface area (Å²) < 4.78 is 12.3. The lowest BCUT2D eigenvalue weighted by Gasteiger charge is -2.06. The van der Waals surface area contributed by atoms with Gasteiger partial charge in [-0.2, -0.15) is 0 Å². The number of fused-ring (bicyclic) bond motifs is 1. The molecule has 2 nitrogen and oxygen atoms in total. The van der Waals surface area contributed by atoms with Gasteiger partial charge in [0.1, 0.15) is 17.9 Å². The van der Waals surface area contributed by atoms with Gasteiger partial charge < -0.3 is 9.15 Å². The van der Waals surface area contributed by atoms with Crippen molar-refractivity contribution < 1.29 is 9.15 Å². The van der Waals surface area contributed by atoms with Crippen LogP contribution >= 0.6 is 15.9 Å². The third kappa shape index (κ3) is 2.51. The summed E-state index contributed by atoms with van der Waals surface area (Å²) in [5.74, 6) is 0.837. The van der Waals surface area contributed by atoms with E-state index in [2.05, 4.69) is 35.0 Å². The lowest BCUT2D eigenvalue weighted by Crippen LogP contribution is -1.94. The summed E-state index contributed by atoms with van der Waals surface area (Å²) in [5, 5.41) is 1.11. The highest BCUT2D eigenvalue weighted by atomic mass is 79.9. The second kappa shape index (κ2) is 5.10. The van der Waals surface area contributed by atoms with Crippen LogP contribution in [0.25, 0.3) is 11.0 Å². The Hall–Kier alpha value is -1.74. The molecule has 0 saturated heterocycles. The zero-order chi connectivity index (χ0) is 13.2. The Morgan fingerprint density at radius 3 is 2.84 bits per heavy atom. The van der Waals surface area contributed by atoms with E-state index >= 15 is 0 Å². The van der Waals surface area contributed by atoms with E-state index in [0.717, 1.165) is 26.8 Å². The molecule has 1 heterocycles. The van der Waals surface area contributed by atoms with Crippen molar-refractivity contribution in [2.24, 2.45) is 0 Å². The summed E-state index contributed by atoms with van der Waals surface area (Å²) in [6.07, 6.45) is 1.76. The maximum absolute atomic E-state index is 5.81. The number of benzene rings is 2. The van der Waals surface area contributed by atoms with Crippen LogP contribution in [0.1, 0.15) is 11.1 Å². The Kier molecular flexibility index (Phi) is 3.30. The van der Waals surface area contributed by atoms with Crippen LogP contribution in [0.2, 0.25) is 0 Å². The Morgan fingerprint density at radius 2 is 2.00 bits per heavy atom. The average molecular weight is 317 g/mol. The van der Waals surface area contributed by atoms with E-state index in [0.29, 0.717) is 6.61 Å². The molecule has 19 heavy (non-hydrogen) atoms. The topological polar surface area (TPSA) is 22.4 Å². The van der Waals surface area contributed by atoms with Crippen LogP contribution < -0.4 is 4.74 Å². The van der Waals surface area contributed by atoms with Crippen molar-refractivity contribution in [2.75, 3.05) is 0 Å². The molecule has 0 radical (unpaired) electrons. The van der Waals surface area contributed by atoms with Crippen LogP contribution in [0.3, 0.4) is 0 Å². The van der Waals surface area contributed by atoms with Crippen LogP contribution in [-0.2, 0) is 6.61 Å². The standard InChI is InChI=1S/C16H13BrO2/c1-11-6-7-13-12(10-19-16(13)8-11)9-18-15-5-3-2-4-14(15)17/h2-8,10H,9H2,1H3. The van der Waals surface area contributed by atoms with Crippen LogP contribution in [0.4, 0.5) is 0 Å². The average Bonchev–Trinajstić information content (AvgIpc) is 2.80. The third-order valence-corrected chi connectivity index (χ3v) is 3.69. The molecule has 0 atom stereocenters. The predicted octanol–water partition coefficient (Wildman–Crippen LogP) is 5.08. The molecule has 0 amide bonds. The number of ether oxygens (including phenoxy) is 1. The van der Waals surface area contributed by atoms with Crippen LogP contribution in [-0.4, -0.2) is 0 Å². The molecule has 0 bridgehead atoms. The van der Waals surface area contributed by atoms with Gasteiger partial charge in [-0.25, -0.2) is 0 Å². The molecule has 3 aromatic rings. The van der Waals surface area contributed by atoms with Gasteiger partial charge in [0, 0.05) is 10.9 Å². The van der Waals surface area contributed by atoms with Gasteiger partial charge in [-0.1, -0.05) is 24.3 Å². The first kappa shape index (κ1) is 12.3. The van der Waals surface area contributed by atoms with E-state index < -0.39 is 0 Å². The summed E-state index contributed by atoms with van der Waals surface area (Å²) in [7, 11) is 0. The number of rotatable bonds is 3. The quantitative estimate of drug-likeness (QED) is 0.672. The maximum Gasteiger partial charge on any atom is 0.134 e. The monoisotopic (exact) mass is 316 g/mol. The second-order valence-electron chi connectivity index (χ2n) is 4.48. The Labute approximate surface area is 120 Å². The molecule has 3 rings (SSSR count). The first-order chi connectivity index (χ1) is 9.24. The van der Waals surface area contributed by atoms with Crippen LogP contribution in [0.15, 0.2) is 57.6 Å². The number of hydrogen-bond acceptors (Lipinski definition) is 2. The van der Waals surface area contributed by atoms with E-state index in [-0.39, 0.29) is 0 Å². The lowest BCUT2D eigenvalue weighted by atomic mass is 10.1. The zero-order valence-corrected chi connectivity index (χ0v) is 12.1. The summed E-state index contributed by atoms with van der Waals surface area (Å²) in [6, 6.07) is 14.0. The lowest BCUT2D eigenvalue weighted by molar-refractivity contribution is 0.304. The van der Waals surface area contributed by atoms with Crippen molar-refractivity contribution in [1.82, 2.24) is 0 Å². The molecular weight excluding hydrogens is 304 g/mol. The second-order valence-corrected chi connectivity index (χ2v) is 5.33. The fourth-order valence-electron chi connectivity index (χ4n) is 2.02. The largest absolute Gasteiger partial charge is 0.488 e. The molecule has 0 aliphatic heterocycles. The highest BCUT2D eigenvalue weighted by molar-refractivity contribution is 9.10. The number of para-hydroxylation sites is 1. The zero-order valence-electron chi connectivity index (χ0n) is 10.5. The van der Waals surface area contributed by atoms with Gasteiger partial charge in [-0.05, 0) is 46.6 Å². The van der Waals surface area contributed by atoms with Gasteiger partial charge >= 0.3 is 0 Å². The fourth-order valence-corrected chi connectivity index (χ4v) is 2.42. The molecule has 96 valence electrons. The SMILES string of the molecule is Cc1ccc2c(COc3ccccc3Br)coc2c1. The van der Waals surface area contributed by atoms with Gasteiger partial charge in [-0.15, -0.1) is 0 Å². The Balaban J connectivity index is 1.84. The van der Waals surface area contributed by atoms with E-state index in [1.165, 1.54) is 5.56 Å². The molecule has 0 saturated carbocycles. The molecule has 0 unspecified atom stereocenters. The molecule has 0 spiro atoms. The molecule has 1 aromatic heterocycles. The summed E-state index contributed by atoms with van der Waals surface area (Å²) >= 11 is 3.47. The van der Waals surface area contributed by atoms with Gasteiger partial charge in [0.05, 0.1) is 10.7 Å². The van der Waals surface area contributed by atoms with Crippen molar-refractivity contribution in [3.8, 4) is 5.75 Å². The van der Waals surface area contributed by atoms with Crippen LogP contribution in [0.5, 0.6) is 5.75 Å². The minimum absolute atomic E-state index is 0.499. The van der Waals surface area contributed by atoms with Crippen molar-refractivity contribution in [3.05, 3.63) is 64.3 Å². The maximum atomic E-state index is 5.81. The number of aryl methyl sites for hydroxylation is 1. The summed E-state index contributed by atoms with van der Waals surface area (Å²) in [5.41, 5.74) is 3.16. The molecule has 0 aliphatic carbocycles. The smallest absolute Gasteiger partial charge is 0.134 e. The number of halogens is 1. The van der Waals surface area contributed by atoms with Gasteiger partial charge in [-0.3, -0.25) is 0 Å². The van der Waals surface area contributed by atoms with Crippen molar-refractivity contribution in [3.63, 3.8) is 0 Å². The van der Waals surface area contributed by atoms with E-state index in [4.69, 9.17) is 9.15 Å². The number of furan rings is 1. The molecule has 0 fully saturated rings. The first-order valence-corrected chi connectivity index (χ1v) is 6.87. The minimum atomic E-state index is 0.499. The molecular formula is C16H13BrO2. The minimum Gasteiger partial charge on any atom is -0.488 e. The van der Waals surface area contributed by atoms with Crippen molar-refractivity contribution >= 4 is 26.9 Å².